The van der Waals surface area contributed by atoms with Gasteiger partial charge in [-0.3, -0.25) is 9.59 Å². The molecule has 2 atom stereocenters. The van der Waals surface area contributed by atoms with Gasteiger partial charge in [0.15, 0.2) is 0 Å². The summed E-state index contributed by atoms with van der Waals surface area (Å²) >= 11 is 1.48. The van der Waals surface area contributed by atoms with E-state index in [2.05, 4.69) is 10.6 Å². The number of halogens is 1. The summed E-state index contributed by atoms with van der Waals surface area (Å²) in [5.74, 6) is 0.0758. The Bertz CT molecular complexity index is 657. The molecule has 3 heterocycles. The summed E-state index contributed by atoms with van der Waals surface area (Å²) < 4.78 is 0. The SMILES string of the molecule is Cl.NC(=O)NC(CC(=O)N1CCCC(N2CCNCC2=O)C1)c1cccs1. The summed E-state index contributed by atoms with van der Waals surface area (Å²) in [6, 6.07) is 2.79. The molecule has 2 fully saturated rings. The molecule has 0 aliphatic carbocycles. The van der Waals surface area contributed by atoms with E-state index in [1.165, 1.54) is 11.3 Å². The molecule has 27 heavy (non-hydrogen) atoms. The van der Waals surface area contributed by atoms with Gasteiger partial charge < -0.3 is 26.2 Å². The Balaban J connectivity index is 0.00000261. The van der Waals surface area contributed by atoms with E-state index in [1.807, 2.05) is 27.3 Å². The zero-order valence-corrected chi connectivity index (χ0v) is 16.7. The number of nitrogens with zero attached hydrogens (tertiary/aromatic N) is 2. The first-order valence-electron chi connectivity index (χ1n) is 8.92. The summed E-state index contributed by atoms with van der Waals surface area (Å²) in [6.45, 7) is 3.08. The van der Waals surface area contributed by atoms with Crippen LogP contribution in [0.1, 0.15) is 30.2 Å². The van der Waals surface area contributed by atoms with Gasteiger partial charge in [0, 0.05) is 37.1 Å². The van der Waals surface area contributed by atoms with E-state index in [-0.39, 0.29) is 36.7 Å². The summed E-state index contributed by atoms with van der Waals surface area (Å²) in [4.78, 5) is 40.9. The number of carbonyl (C=O) groups is 3. The summed E-state index contributed by atoms with van der Waals surface area (Å²) in [5.41, 5.74) is 5.27. The van der Waals surface area contributed by atoms with Crippen LogP contribution in [-0.4, -0.2) is 66.4 Å². The molecule has 2 unspecified atom stereocenters. The number of piperazine rings is 1. The van der Waals surface area contributed by atoms with Crippen molar-refractivity contribution in [1.82, 2.24) is 20.4 Å². The number of carbonyl (C=O) groups excluding carboxylic acids is 3. The molecule has 0 radical (unpaired) electrons. The van der Waals surface area contributed by atoms with Crippen LogP contribution in [0.3, 0.4) is 0 Å². The van der Waals surface area contributed by atoms with Gasteiger partial charge in [0.1, 0.15) is 0 Å². The van der Waals surface area contributed by atoms with Crippen molar-refractivity contribution in [3.63, 3.8) is 0 Å². The quantitative estimate of drug-likeness (QED) is 0.657. The maximum atomic E-state index is 12.8. The van der Waals surface area contributed by atoms with Gasteiger partial charge in [-0.1, -0.05) is 6.07 Å². The molecule has 0 bridgehead atoms. The van der Waals surface area contributed by atoms with Crippen LogP contribution >= 0.6 is 23.7 Å². The van der Waals surface area contributed by atoms with Crippen LogP contribution < -0.4 is 16.4 Å². The average molecular weight is 416 g/mol. The lowest BCUT2D eigenvalue weighted by Gasteiger charge is -2.41. The number of hydrogen-bond acceptors (Lipinski definition) is 5. The maximum Gasteiger partial charge on any atom is 0.312 e. The molecule has 0 saturated carbocycles. The van der Waals surface area contributed by atoms with Crippen LogP contribution in [-0.2, 0) is 9.59 Å². The van der Waals surface area contributed by atoms with Crippen LogP contribution in [0.5, 0.6) is 0 Å². The van der Waals surface area contributed by atoms with Crippen molar-refractivity contribution in [2.45, 2.75) is 31.3 Å². The van der Waals surface area contributed by atoms with E-state index in [0.29, 0.717) is 26.2 Å². The van der Waals surface area contributed by atoms with Crippen molar-refractivity contribution in [3.8, 4) is 0 Å². The molecule has 1 aromatic rings. The highest BCUT2D eigenvalue weighted by Crippen LogP contribution is 2.24. The van der Waals surface area contributed by atoms with Gasteiger partial charge in [0.25, 0.3) is 0 Å². The molecule has 10 heteroatoms. The van der Waals surface area contributed by atoms with Crippen molar-refractivity contribution >= 4 is 41.6 Å². The van der Waals surface area contributed by atoms with E-state index < -0.39 is 12.1 Å². The molecule has 0 aromatic carbocycles. The first-order chi connectivity index (χ1) is 12.5. The average Bonchev–Trinajstić information content (AvgIpc) is 3.16. The third-order valence-electron chi connectivity index (χ3n) is 4.90. The molecule has 4 N–H and O–H groups in total. The topological polar surface area (TPSA) is 108 Å². The number of nitrogens with two attached hydrogens (primary N) is 1. The number of piperidine rings is 1. The van der Waals surface area contributed by atoms with Crippen molar-refractivity contribution in [2.75, 3.05) is 32.7 Å². The normalized spacial score (nSPS) is 21.3. The molecule has 2 saturated heterocycles. The lowest BCUT2D eigenvalue weighted by molar-refractivity contribution is -0.140. The Kier molecular flexibility index (Phi) is 7.88. The fourth-order valence-electron chi connectivity index (χ4n) is 3.63. The fourth-order valence-corrected chi connectivity index (χ4v) is 4.41. The summed E-state index contributed by atoms with van der Waals surface area (Å²) in [7, 11) is 0. The minimum atomic E-state index is -0.640. The third-order valence-corrected chi connectivity index (χ3v) is 5.88. The van der Waals surface area contributed by atoms with Crippen molar-refractivity contribution in [1.29, 1.82) is 0 Å². The molecular weight excluding hydrogens is 390 g/mol. The Morgan fingerprint density at radius 3 is 2.89 bits per heavy atom. The zero-order valence-electron chi connectivity index (χ0n) is 15.1. The van der Waals surface area contributed by atoms with Crippen LogP contribution in [0.15, 0.2) is 17.5 Å². The first-order valence-corrected chi connectivity index (χ1v) is 9.80. The van der Waals surface area contributed by atoms with Crippen LogP contribution in [0.2, 0.25) is 0 Å². The smallest absolute Gasteiger partial charge is 0.312 e. The number of rotatable bonds is 5. The molecular formula is C17H26ClN5O3S. The number of likely N-dealkylation sites (tertiary alicyclic amines) is 1. The Morgan fingerprint density at radius 1 is 1.41 bits per heavy atom. The zero-order chi connectivity index (χ0) is 18.5. The van der Waals surface area contributed by atoms with E-state index in [9.17, 15) is 14.4 Å². The monoisotopic (exact) mass is 415 g/mol. The molecule has 0 spiro atoms. The first kappa shape index (κ1) is 21.5. The molecule has 2 aliphatic rings. The number of hydrogen-bond donors (Lipinski definition) is 3. The minimum Gasteiger partial charge on any atom is -0.352 e. The second kappa shape index (κ2) is 9.91. The van der Waals surface area contributed by atoms with Crippen LogP contribution in [0, 0.1) is 0 Å². The van der Waals surface area contributed by atoms with Gasteiger partial charge in [-0.2, -0.15) is 0 Å². The second-order valence-electron chi connectivity index (χ2n) is 6.68. The predicted molar refractivity (Wildman–Crippen MR) is 106 cm³/mol. The maximum absolute atomic E-state index is 12.8. The molecule has 150 valence electrons. The van der Waals surface area contributed by atoms with Crippen molar-refractivity contribution in [3.05, 3.63) is 22.4 Å². The lowest BCUT2D eigenvalue weighted by Crippen LogP contribution is -2.57. The van der Waals surface area contributed by atoms with E-state index in [1.54, 1.807) is 0 Å². The largest absolute Gasteiger partial charge is 0.352 e. The van der Waals surface area contributed by atoms with E-state index in [0.717, 1.165) is 24.3 Å². The highest BCUT2D eigenvalue weighted by atomic mass is 35.5. The van der Waals surface area contributed by atoms with Gasteiger partial charge in [-0.25, -0.2) is 4.79 Å². The number of nitrogens with one attached hydrogen (secondary N) is 2. The molecule has 4 amide bonds. The molecule has 2 aliphatic heterocycles. The van der Waals surface area contributed by atoms with Gasteiger partial charge in [0.2, 0.25) is 11.8 Å². The highest BCUT2D eigenvalue weighted by Gasteiger charge is 2.32. The van der Waals surface area contributed by atoms with Gasteiger partial charge >= 0.3 is 6.03 Å². The Hall–Kier alpha value is -1.84. The number of primary amides is 1. The van der Waals surface area contributed by atoms with Gasteiger partial charge in [0.05, 0.1) is 19.0 Å². The predicted octanol–water partition coefficient (Wildman–Crippen LogP) is 0.692. The lowest BCUT2D eigenvalue weighted by atomic mass is 10.0. The number of urea groups is 1. The Morgan fingerprint density at radius 2 is 2.22 bits per heavy atom. The standard InChI is InChI=1S/C17H25N5O3S.ClH/c18-17(25)20-13(14-4-2-8-26-14)9-15(23)21-6-1-3-12(11-21)22-7-5-19-10-16(22)24;/h2,4,8,12-13,19H,1,3,5-7,9-11H2,(H3,18,20,25);1H. The summed E-state index contributed by atoms with van der Waals surface area (Å²) in [5, 5.41) is 7.64. The fraction of sp³-hybridized carbons (Fsp3) is 0.588. The molecule has 1 aromatic heterocycles. The minimum absolute atomic E-state index is 0. The van der Waals surface area contributed by atoms with Gasteiger partial charge in [-0.05, 0) is 24.3 Å². The molecule has 3 rings (SSSR count). The Labute approximate surface area is 168 Å². The second-order valence-corrected chi connectivity index (χ2v) is 7.66. The van der Waals surface area contributed by atoms with Crippen molar-refractivity contribution < 1.29 is 14.4 Å². The van der Waals surface area contributed by atoms with E-state index >= 15 is 0 Å². The highest BCUT2D eigenvalue weighted by molar-refractivity contribution is 7.10. The van der Waals surface area contributed by atoms with Gasteiger partial charge in [-0.15, -0.1) is 23.7 Å². The van der Waals surface area contributed by atoms with Crippen LogP contribution in [0.25, 0.3) is 0 Å². The van der Waals surface area contributed by atoms with E-state index in [4.69, 9.17) is 5.73 Å². The number of amides is 4. The summed E-state index contributed by atoms with van der Waals surface area (Å²) in [6.07, 6.45) is 1.97. The van der Waals surface area contributed by atoms with Crippen LogP contribution in [0.4, 0.5) is 4.79 Å². The third kappa shape index (κ3) is 5.57. The molecule has 8 nitrogen and oxygen atoms in total. The number of thiophene rings is 1. The van der Waals surface area contributed by atoms with Crippen molar-refractivity contribution in [2.24, 2.45) is 5.73 Å².